The van der Waals surface area contributed by atoms with Crippen LogP contribution in [0.5, 0.6) is 0 Å². The summed E-state index contributed by atoms with van der Waals surface area (Å²) >= 11 is 0. The van der Waals surface area contributed by atoms with Gasteiger partial charge in [0.1, 0.15) is 0 Å². The van der Waals surface area contributed by atoms with E-state index in [1.165, 1.54) is 25.7 Å². The first kappa shape index (κ1) is 11.4. The number of nitrogens with one attached hydrogen (secondary N) is 1. The van der Waals surface area contributed by atoms with E-state index >= 15 is 0 Å². The van der Waals surface area contributed by atoms with Crippen molar-refractivity contribution in [1.29, 1.82) is 0 Å². The van der Waals surface area contributed by atoms with E-state index in [-0.39, 0.29) is 5.75 Å². The van der Waals surface area contributed by atoms with Gasteiger partial charge >= 0.3 is 0 Å². The van der Waals surface area contributed by atoms with Crippen LogP contribution >= 0.6 is 0 Å². The zero-order valence-electron chi connectivity index (χ0n) is 9.41. The Labute approximate surface area is 92.7 Å². The topological polar surface area (TPSA) is 46.2 Å². The molecule has 0 saturated heterocycles. The van der Waals surface area contributed by atoms with E-state index < -0.39 is 10.0 Å². The molecule has 2 aliphatic carbocycles. The molecule has 0 aromatic carbocycles. The highest BCUT2D eigenvalue weighted by Gasteiger charge is 2.39. The average Bonchev–Trinajstić information content (AvgIpc) is 2.75. The first-order valence-electron chi connectivity index (χ1n) is 6.08. The largest absolute Gasteiger partial charge is 0.215 e. The molecule has 88 valence electrons. The van der Waals surface area contributed by atoms with Crippen molar-refractivity contribution in [1.82, 2.24) is 4.72 Å². The maximum absolute atomic E-state index is 11.5. The molecule has 0 aromatic heterocycles. The molecule has 2 bridgehead atoms. The Morgan fingerprint density at radius 2 is 2.07 bits per heavy atom. The molecule has 3 nitrogen and oxygen atoms in total. The third-order valence-corrected chi connectivity index (χ3v) is 5.48. The molecule has 15 heavy (non-hydrogen) atoms. The van der Waals surface area contributed by atoms with Gasteiger partial charge < -0.3 is 0 Å². The van der Waals surface area contributed by atoms with Crippen molar-refractivity contribution in [3.63, 3.8) is 0 Å². The molecule has 0 radical (unpaired) electrons. The second-order valence-electron chi connectivity index (χ2n) is 5.10. The standard InChI is InChI=1S/C11H21NO2S/c1-2-5-15(13,14)12-8-11-7-9-3-4-10(11)6-9/h9-12H,2-8H2,1H3. The highest BCUT2D eigenvalue weighted by atomic mass is 32.2. The molecule has 0 aromatic rings. The second kappa shape index (κ2) is 4.42. The summed E-state index contributed by atoms with van der Waals surface area (Å²) in [6, 6.07) is 0. The smallest absolute Gasteiger partial charge is 0.211 e. The van der Waals surface area contributed by atoms with Crippen LogP contribution in [-0.2, 0) is 10.0 Å². The molecule has 2 rings (SSSR count). The van der Waals surface area contributed by atoms with E-state index in [9.17, 15) is 8.42 Å². The van der Waals surface area contributed by atoms with Gasteiger partial charge in [-0.05, 0) is 43.4 Å². The number of sulfonamides is 1. The van der Waals surface area contributed by atoms with Gasteiger partial charge in [0.05, 0.1) is 5.75 Å². The molecule has 0 heterocycles. The zero-order valence-corrected chi connectivity index (χ0v) is 10.2. The third kappa shape index (κ3) is 2.72. The molecule has 0 amide bonds. The number of rotatable bonds is 5. The average molecular weight is 231 g/mol. The van der Waals surface area contributed by atoms with E-state index in [1.54, 1.807) is 0 Å². The quantitative estimate of drug-likeness (QED) is 0.783. The lowest BCUT2D eigenvalue weighted by Gasteiger charge is -2.21. The number of hydrogen-bond donors (Lipinski definition) is 1. The SMILES string of the molecule is CCCS(=O)(=O)NCC1CC2CCC1C2. The minimum Gasteiger partial charge on any atom is -0.215 e. The lowest BCUT2D eigenvalue weighted by molar-refractivity contribution is 0.333. The van der Waals surface area contributed by atoms with Crippen molar-refractivity contribution in [2.75, 3.05) is 12.3 Å². The fraction of sp³-hybridized carbons (Fsp3) is 1.00. The van der Waals surface area contributed by atoms with Crippen molar-refractivity contribution < 1.29 is 8.42 Å². The second-order valence-corrected chi connectivity index (χ2v) is 7.03. The van der Waals surface area contributed by atoms with Crippen molar-refractivity contribution in [3.05, 3.63) is 0 Å². The monoisotopic (exact) mass is 231 g/mol. The van der Waals surface area contributed by atoms with Crippen molar-refractivity contribution in [3.8, 4) is 0 Å². The Morgan fingerprint density at radius 3 is 2.60 bits per heavy atom. The highest BCUT2D eigenvalue weighted by Crippen LogP contribution is 2.47. The van der Waals surface area contributed by atoms with E-state index in [1.807, 2.05) is 6.92 Å². The van der Waals surface area contributed by atoms with Crippen LogP contribution in [0.3, 0.4) is 0 Å². The number of fused-ring (bicyclic) bond motifs is 2. The van der Waals surface area contributed by atoms with Gasteiger partial charge in [-0.25, -0.2) is 13.1 Å². The van der Waals surface area contributed by atoms with Gasteiger partial charge in [0.15, 0.2) is 0 Å². The summed E-state index contributed by atoms with van der Waals surface area (Å²) in [5.41, 5.74) is 0. The molecule has 2 fully saturated rings. The Balaban J connectivity index is 1.79. The predicted octanol–water partition coefficient (Wildman–Crippen LogP) is 1.75. The Bertz CT molecular complexity index is 313. The van der Waals surface area contributed by atoms with E-state index in [4.69, 9.17) is 0 Å². The summed E-state index contributed by atoms with van der Waals surface area (Å²) in [4.78, 5) is 0. The van der Waals surface area contributed by atoms with Crippen molar-refractivity contribution >= 4 is 10.0 Å². The van der Waals surface area contributed by atoms with Crippen molar-refractivity contribution in [2.24, 2.45) is 17.8 Å². The minimum absolute atomic E-state index is 0.272. The molecule has 0 spiro atoms. The van der Waals surface area contributed by atoms with E-state index in [2.05, 4.69) is 4.72 Å². The Morgan fingerprint density at radius 1 is 1.27 bits per heavy atom. The van der Waals surface area contributed by atoms with Gasteiger partial charge in [0.2, 0.25) is 10.0 Å². The summed E-state index contributed by atoms with van der Waals surface area (Å²) in [5.74, 6) is 2.60. The van der Waals surface area contributed by atoms with Gasteiger partial charge in [-0.15, -0.1) is 0 Å². The van der Waals surface area contributed by atoms with Crippen LogP contribution in [0, 0.1) is 17.8 Å². The Kier molecular flexibility index (Phi) is 3.36. The Hall–Kier alpha value is -0.0900. The third-order valence-electron chi connectivity index (χ3n) is 3.92. The molecule has 2 aliphatic rings. The van der Waals surface area contributed by atoms with Gasteiger partial charge in [0, 0.05) is 6.54 Å². The fourth-order valence-electron chi connectivity index (χ4n) is 3.20. The van der Waals surface area contributed by atoms with Crippen LogP contribution in [0.4, 0.5) is 0 Å². The normalized spacial score (nSPS) is 34.9. The van der Waals surface area contributed by atoms with Crippen LogP contribution < -0.4 is 4.72 Å². The number of hydrogen-bond acceptors (Lipinski definition) is 2. The van der Waals surface area contributed by atoms with Crippen LogP contribution in [0.2, 0.25) is 0 Å². The molecule has 0 aliphatic heterocycles. The van der Waals surface area contributed by atoms with Gasteiger partial charge in [-0.1, -0.05) is 13.3 Å². The van der Waals surface area contributed by atoms with Crippen LogP contribution in [-0.4, -0.2) is 20.7 Å². The minimum atomic E-state index is -2.99. The van der Waals surface area contributed by atoms with Gasteiger partial charge in [0.25, 0.3) is 0 Å². The summed E-state index contributed by atoms with van der Waals surface area (Å²) < 4.78 is 25.7. The first-order valence-corrected chi connectivity index (χ1v) is 7.73. The summed E-state index contributed by atoms with van der Waals surface area (Å²) in [7, 11) is -2.99. The lowest BCUT2D eigenvalue weighted by Crippen LogP contribution is -2.33. The highest BCUT2D eigenvalue weighted by molar-refractivity contribution is 7.89. The summed E-state index contributed by atoms with van der Waals surface area (Å²) in [5, 5.41) is 0. The maximum Gasteiger partial charge on any atom is 0.211 e. The molecular formula is C11H21NO2S. The molecule has 3 atom stereocenters. The summed E-state index contributed by atoms with van der Waals surface area (Å²) in [6.45, 7) is 2.58. The predicted molar refractivity (Wildman–Crippen MR) is 61.0 cm³/mol. The van der Waals surface area contributed by atoms with E-state index in [0.29, 0.717) is 18.9 Å². The van der Waals surface area contributed by atoms with Gasteiger partial charge in [-0.2, -0.15) is 0 Å². The maximum atomic E-state index is 11.5. The fourth-order valence-corrected chi connectivity index (χ4v) is 4.35. The molecule has 4 heteroatoms. The zero-order chi connectivity index (χ0) is 10.9. The molecule has 2 saturated carbocycles. The molecule has 3 unspecified atom stereocenters. The van der Waals surface area contributed by atoms with Crippen molar-refractivity contribution in [2.45, 2.75) is 39.0 Å². The van der Waals surface area contributed by atoms with Crippen LogP contribution in [0.25, 0.3) is 0 Å². The van der Waals surface area contributed by atoms with E-state index in [0.717, 1.165) is 11.8 Å². The lowest BCUT2D eigenvalue weighted by atomic mass is 9.89. The van der Waals surface area contributed by atoms with Crippen LogP contribution in [0.15, 0.2) is 0 Å². The van der Waals surface area contributed by atoms with Crippen LogP contribution in [0.1, 0.15) is 39.0 Å². The molecule has 1 N–H and O–H groups in total. The first-order chi connectivity index (χ1) is 7.11. The summed E-state index contributed by atoms with van der Waals surface area (Å²) in [6.07, 6.45) is 6.00. The molecular weight excluding hydrogens is 210 g/mol. The van der Waals surface area contributed by atoms with Gasteiger partial charge in [-0.3, -0.25) is 0 Å².